The molecule has 2 atom stereocenters. The predicted octanol–water partition coefficient (Wildman–Crippen LogP) is 9.92. The van der Waals surface area contributed by atoms with Crippen molar-refractivity contribution in [2.24, 2.45) is 0 Å². The van der Waals surface area contributed by atoms with Crippen LogP contribution < -0.4 is 15.7 Å². The molecule has 334 valence electrons. The summed E-state index contributed by atoms with van der Waals surface area (Å²) in [5.41, 5.74) is -6.64. The molecule has 19 heteroatoms. The first-order chi connectivity index (χ1) is 29.0. The molecule has 0 bridgehead atoms. The molecule has 0 radical (unpaired) electrons. The second kappa shape index (κ2) is 19.1. The molecule has 2 heterocycles. The summed E-state index contributed by atoms with van der Waals surface area (Å²) in [7, 11) is -7.60. The zero-order chi connectivity index (χ0) is 45.6. The normalized spacial score (nSPS) is 14.3. The Labute approximate surface area is 357 Å². The summed E-state index contributed by atoms with van der Waals surface area (Å²) in [6.07, 6.45) is -10.9. The highest BCUT2D eigenvalue weighted by Gasteiger charge is 2.61. The third-order valence-corrected chi connectivity index (χ3v) is 16.5. The molecule has 2 N–H and O–H groups in total. The summed E-state index contributed by atoms with van der Waals surface area (Å²) in [4.78, 5) is 15.1. The Morgan fingerprint density at radius 1 is 0.839 bits per heavy atom. The fraction of sp³-hybridized carbons (Fsp3) is 0.395. The highest BCUT2D eigenvalue weighted by molar-refractivity contribution is 7.90. The zero-order valence-electron chi connectivity index (χ0n) is 34.7. The monoisotopic (exact) mass is 906 g/mol. The number of aromatic nitrogens is 3. The number of nitrogens with one attached hydrogen (secondary N) is 1. The van der Waals surface area contributed by atoms with Crippen LogP contribution in [0.3, 0.4) is 0 Å². The van der Waals surface area contributed by atoms with Crippen LogP contribution in [0.4, 0.5) is 36.8 Å². The maximum Gasteiger partial charge on any atom is 0.426 e. The van der Waals surface area contributed by atoms with E-state index in [2.05, 4.69) is 60.2 Å². The average molecular weight is 907 g/mol. The molecule has 3 aromatic carbocycles. The van der Waals surface area contributed by atoms with E-state index in [1.54, 1.807) is 35.6 Å². The Kier molecular flexibility index (Phi) is 14.8. The van der Waals surface area contributed by atoms with Crippen molar-refractivity contribution in [1.82, 2.24) is 15.2 Å². The van der Waals surface area contributed by atoms with Crippen LogP contribution in [-0.4, -0.2) is 61.7 Å². The number of anilines is 1. The molecule has 0 saturated heterocycles. The van der Waals surface area contributed by atoms with Crippen molar-refractivity contribution in [2.75, 3.05) is 11.6 Å². The zero-order valence-corrected chi connectivity index (χ0v) is 36.5. The van der Waals surface area contributed by atoms with E-state index >= 15 is 13.2 Å². The van der Waals surface area contributed by atoms with E-state index in [-0.39, 0.29) is 23.6 Å². The number of alkyl halides is 6. The number of hydrogen-bond acceptors (Lipinski definition) is 9. The van der Waals surface area contributed by atoms with Gasteiger partial charge in [-0.1, -0.05) is 131 Å². The van der Waals surface area contributed by atoms with Gasteiger partial charge in [0.1, 0.15) is 0 Å². The molecule has 0 aliphatic rings. The van der Waals surface area contributed by atoms with Crippen molar-refractivity contribution < 1.29 is 58.2 Å². The summed E-state index contributed by atoms with van der Waals surface area (Å²) >= 11 is 0. The van der Waals surface area contributed by atoms with E-state index < -0.39 is 89.0 Å². The number of hydrogen-bond donors (Lipinski definition) is 2. The number of sulfone groups is 1. The van der Waals surface area contributed by atoms with Gasteiger partial charge in [-0.2, -0.15) is 26.3 Å². The number of carbonyl (C=O) groups is 1. The van der Waals surface area contributed by atoms with E-state index in [4.69, 9.17) is 13.6 Å². The van der Waals surface area contributed by atoms with Crippen molar-refractivity contribution >= 4 is 40.3 Å². The molecule has 0 aliphatic carbocycles. The number of benzene rings is 3. The Balaban J connectivity index is 1.41. The summed E-state index contributed by atoms with van der Waals surface area (Å²) < 4.78 is 131. The van der Waals surface area contributed by atoms with Crippen LogP contribution in [0.2, 0.25) is 5.04 Å². The Bertz CT molecular complexity index is 2340. The molecule has 0 unspecified atom stereocenters. The third kappa shape index (κ3) is 10.9. The van der Waals surface area contributed by atoms with Crippen LogP contribution in [0, 0.1) is 0 Å². The van der Waals surface area contributed by atoms with E-state index in [0.29, 0.717) is 37.5 Å². The van der Waals surface area contributed by atoms with Gasteiger partial charge >= 0.3 is 18.4 Å². The molecular weight excluding hydrogens is 859 g/mol. The molecule has 0 spiro atoms. The van der Waals surface area contributed by atoms with Crippen LogP contribution in [0.1, 0.15) is 83.2 Å². The highest BCUT2D eigenvalue weighted by Crippen LogP contribution is 2.47. The number of amides is 1. The lowest BCUT2D eigenvalue weighted by Crippen LogP contribution is -2.67. The van der Waals surface area contributed by atoms with Crippen molar-refractivity contribution in [3.8, 4) is 11.6 Å². The number of ether oxygens (including phenoxy) is 1. The van der Waals surface area contributed by atoms with Gasteiger partial charge in [-0.05, 0) is 53.2 Å². The number of nitrogens with zero attached hydrogens (tertiary/aromatic N) is 3. The fourth-order valence-corrected chi connectivity index (χ4v) is 13.0. The molecule has 2 aromatic heterocycles. The molecule has 0 aliphatic heterocycles. The minimum atomic E-state index is -5.33. The summed E-state index contributed by atoms with van der Waals surface area (Å²) in [5, 5.41) is 18.7. The molecule has 5 aromatic rings. The first kappa shape index (κ1) is 47.9. The summed E-state index contributed by atoms with van der Waals surface area (Å²) in [6.45, 7) is 7.94. The smallest absolute Gasteiger partial charge is 0.426 e. The molecule has 0 saturated carbocycles. The Morgan fingerprint density at radius 2 is 1.39 bits per heavy atom. The lowest BCUT2D eigenvalue weighted by molar-refractivity contribution is -0.300. The van der Waals surface area contributed by atoms with Crippen LogP contribution in [-0.2, 0) is 37.4 Å². The number of carboxylic acid groups (broad SMARTS) is 1. The van der Waals surface area contributed by atoms with Crippen molar-refractivity contribution in [3.05, 3.63) is 114 Å². The maximum absolute atomic E-state index is 15.5. The molecular formula is C43H48F6N4O7SSi. The summed E-state index contributed by atoms with van der Waals surface area (Å²) in [6, 6.07) is 28.3. The Morgan fingerprint density at radius 3 is 1.89 bits per heavy atom. The van der Waals surface area contributed by atoms with Crippen LogP contribution in [0.5, 0.6) is 0 Å². The van der Waals surface area contributed by atoms with Crippen molar-refractivity contribution in [3.63, 3.8) is 0 Å². The van der Waals surface area contributed by atoms with Gasteiger partial charge in [0.25, 0.3) is 20.1 Å². The first-order valence-corrected chi connectivity index (χ1v) is 23.5. The molecule has 11 nitrogen and oxygen atoms in total. The van der Waals surface area contributed by atoms with Crippen LogP contribution in [0.25, 0.3) is 11.6 Å². The highest BCUT2D eigenvalue weighted by atomic mass is 32.2. The van der Waals surface area contributed by atoms with Crippen molar-refractivity contribution in [2.45, 2.75) is 107 Å². The minimum Gasteiger partial charge on any atom is -0.465 e. The minimum absolute atomic E-state index is 0.0570. The van der Waals surface area contributed by atoms with E-state index in [1.807, 2.05) is 43.3 Å². The largest absolute Gasteiger partial charge is 0.465 e. The first-order valence-electron chi connectivity index (χ1n) is 19.7. The summed E-state index contributed by atoms with van der Waals surface area (Å²) in [5.74, 6) is -2.14. The second-order valence-electron chi connectivity index (χ2n) is 16.0. The van der Waals surface area contributed by atoms with Gasteiger partial charge in [-0.15, -0.1) is 10.2 Å². The average Bonchev–Trinajstić information content (AvgIpc) is 3.69. The SMILES string of the molecule is C[C@H](CCCCCC[C@@](OCc1ccccc1)(c1nnc(-c2nc(S(C)(=O)=O)c(C(F)(F)F)cc2NC(=O)O)o1)C(F)(F)F)O[Si](c1ccccc1)(c1ccccc1)C(C)(C)C. The third-order valence-electron chi connectivity index (χ3n) is 10.3. The van der Waals surface area contributed by atoms with E-state index in [1.165, 1.54) is 0 Å². The lowest BCUT2D eigenvalue weighted by Gasteiger charge is -2.44. The van der Waals surface area contributed by atoms with Gasteiger partial charge in [0.05, 0.1) is 17.9 Å². The predicted molar refractivity (Wildman–Crippen MR) is 222 cm³/mol. The second-order valence-corrected chi connectivity index (χ2v) is 22.2. The van der Waals surface area contributed by atoms with E-state index in [9.17, 15) is 31.5 Å². The molecule has 1 amide bonds. The van der Waals surface area contributed by atoms with E-state index in [0.717, 1.165) is 10.4 Å². The van der Waals surface area contributed by atoms with Gasteiger partial charge in [-0.25, -0.2) is 18.2 Å². The maximum atomic E-state index is 15.5. The number of rotatable bonds is 18. The van der Waals surface area contributed by atoms with Gasteiger partial charge in [-0.3, -0.25) is 5.32 Å². The lowest BCUT2D eigenvalue weighted by atomic mass is 9.94. The van der Waals surface area contributed by atoms with Crippen LogP contribution >= 0.6 is 0 Å². The topological polar surface area (TPSA) is 154 Å². The number of pyridine rings is 1. The Hall–Kier alpha value is -5.11. The quantitative estimate of drug-likeness (QED) is 0.0494. The molecule has 5 rings (SSSR count). The number of unbranched alkanes of at least 4 members (excludes halogenated alkanes) is 3. The standard InChI is InChI=1S/C43H48F6N4O7SSi/c1-29(60-62(40(2,3)4,31-22-14-9-15-23-31)32-24-16-10-17-25-32)19-11-6-7-18-26-41(43(47,48)49,58-28-30-20-12-8-13-21-30)38-53-52-36(59-38)35-34(50-39(54)55)27-33(42(44,45)46)37(51-35)61(5,56)57/h8-10,12-17,20-25,27,29,50H,6-7,11,18-19,26,28H2,1-5H3,(H,54,55)/t29-,41-/m1/s1. The van der Waals surface area contributed by atoms with Gasteiger partial charge in [0.15, 0.2) is 20.6 Å². The molecule has 0 fully saturated rings. The molecule has 62 heavy (non-hydrogen) atoms. The van der Waals surface area contributed by atoms with Gasteiger partial charge in [0.2, 0.25) is 5.60 Å². The number of halogens is 6. The van der Waals surface area contributed by atoms with Gasteiger partial charge < -0.3 is 18.7 Å². The van der Waals surface area contributed by atoms with Crippen LogP contribution in [0.15, 0.2) is 107 Å². The fourth-order valence-electron chi connectivity index (χ4n) is 7.42. The van der Waals surface area contributed by atoms with Crippen molar-refractivity contribution in [1.29, 1.82) is 0 Å². The van der Waals surface area contributed by atoms with Gasteiger partial charge in [0, 0.05) is 12.4 Å².